The Morgan fingerprint density at radius 2 is 1.79 bits per heavy atom. The number of benzene rings is 3. The first kappa shape index (κ1) is 19.9. The number of rotatable bonds is 3. The Morgan fingerprint density at radius 1 is 1.00 bits per heavy atom. The Morgan fingerprint density at radius 3 is 2.52 bits per heavy atom. The van der Waals surface area contributed by atoms with E-state index in [1.165, 1.54) is 0 Å². The van der Waals surface area contributed by atoms with Gasteiger partial charge in [-0.3, -0.25) is 9.69 Å². The van der Waals surface area contributed by atoms with E-state index in [1.807, 2.05) is 55.5 Å². The van der Waals surface area contributed by atoms with Gasteiger partial charge in [0.1, 0.15) is 11.5 Å². The van der Waals surface area contributed by atoms with Crippen molar-refractivity contribution in [3.05, 3.63) is 104 Å². The smallest absolute Gasteiger partial charge is 0.266 e. The van der Waals surface area contributed by atoms with Crippen molar-refractivity contribution in [2.45, 2.75) is 6.92 Å². The number of nitrogens with zero attached hydrogens (tertiary/aromatic N) is 2. The summed E-state index contributed by atoms with van der Waals surface area (Å²) in [6, 6.07) is 20.6. The summed E-state index contributed by atoms with van der Waals surface area (Å²) < 4.78 is 0.856. The number of aryl methyl sites for hydroxylation is 1. The first-order chi connectivity index (χ1) is 13.9. The van der Waals surface area contributed by atoms with E-state index in [0.717, 1.165) is 21.3 Å². The highest BCUT2D eigenvalue weighted by molar-refractivity contribution is 9.10. The molecule has 3 aromatic carbocycles. The molecule has 29 heavy (non-hydrogen) atoms. The predicted octanol–water partition coefficient (Wildman–Crippen LogP) is 6.90. The molecule has 0 atom stereocenters. The lowest BCUT2D eigenvalue weighted by Crippen LogP contribution is -2.32. The molecule has 4 rings (SSSR count). The molecule has 0 saturated heterocycles. The molecular formula is C23H15BrCl2N2O. The van der Waals surface area contributed by atoms with E-state index in [-0.39, 0.29) is 5.91 Å². The van der Waals surface area contributed by atoms with Crippen molar-refractivity contribution in [3.63, 3.8) is 0 Å². The van der Waals surface area contributed by atoms with E-state index in [9.17, 15) is 4.79 Å². The van der Waals surface area contributed by atoms with Crippen LogP contribution >= 0.6 is 39.1 Å². The number of halogens is 3. The topological polar surface area (TPSA) is 32.7 Å². The number of hydrogen-bond donors (Lipinski definition) is 0. The van der Waals surface area contributed by atoms with E-state index in [1.54, 1.807) is 29.2 Å². The number of carbonyl (C=O) groups excluding carboxylic acids is 1. The highest BCUT2D eigenvalue weighted by Crippen LogP contribution is 2.32. The summed E-state index contributed by atoms with van der Waals surface area (Å²) in [4.78, 5) is 19.7. The van der Waals surface area contributed by atoms with Crippen molar-refractivity contribution in [3.8, 4) is 0 Å². The molecule has 0 aromatic heterocycles. The van der Waals surface area contributed by atoms with Gasteiger partial charge in [-0.15, -0.1) is 0 Å². The van der Waals surface area contributed by atoms with Crippen LogP contribution in [0.4, 0.5) is 5.69 Å². The summed E-state index contributed by atoms with van der Waals surface area (Å²) in [7, 11) is 0. The van der Waals surface area contributed by atoms with Gasteiger partial charge >= 0.3 is 0 Å². The molecule has 1 aliphatic rings. The fraction of sp³-hybridized carbons (Fsp3) is 0.0435. The first-order valence-electron chi connectivity index (χ1n) is 8.85. The quantitative estimate of drug-likeness (QED) is 0.371. The molecule has 1 aliphatic heterocycles. The second kappa shape index (κ2) is 8.15. The number of amides is 1. The normalized spacial score (nSPS) is 15.2. The van der Waals surface area contributed by atoms with Gasteiger partial charge in [0.25, 0.3) is 5.91 Å². The Hall–Kier alpha value is -2.40. The van der Waals surface area contributed by atoms with Crippen molar-refractivity contribution >= 4 is 62.6 Å². The van der Waals surface area contributed by atoms with Crippen LogP contribution in [-0.4, -0.2) is 11.7 Å². The summed E-state index contributed by atoms with van der Waals surface area (Å²) in [6.07, 6.45) is 1.69. The zero-order valence-electron chi connectivity index (χ0n) is 15.4. The Kier molecular flexibility index (Phi) is 5.59. The summed E-state index contributed by atoms with van der Waals surface area (Å²) in [6.45, 7) is 1.99. The maximum absolute atomic E-state index is 13.4. The second-order valence-corrected chi connectivity index (χ2v) is 8.29. The molecule has 0 fully saturated rings. The molecule has 0 saturated carbocycles. The third kappa shape index (κ3) is 4.01. The number of hydrogen-bond acceptors (Lipinski definition) is 2. The maximum atomic E-state index is 13.4. The van der Waals surface area contributed by atoms with Crippen molar-refractivity contribution in [1.82, 2.24) is 0 Å². The summed E-state index contributed by atoms with van der Waals surface area (Å²) >= 11 is 15.9. The van der Waals surface area contributed by atoms with Crippen LogP contribution in [0.5, 0.6) is 0 Å². The van der Waals surface area contributed by atoms with Gasteiger partial charge in [-0.05, 0) is 54.5 Å². The molecule has 0 unspecified atom stereocenters. The van der Waals surface area contributed by atoms with Gasteiger partial charge in [0.05, 0.1) is 5.69 Å². The second-order valence-electron chi connectivity index (χ2n) is 6.59. The lowest BCUT2D eigenvalue weighted by atomic mass is 10.1. The molecule has 0 N–H and O–H groups in total. The van der Waals surface area contributed by atoms with E-state index in [0.29, 0.717) is 27.1 Å². The predicted molar refractivity (Wildman–Crippen MR) is 124 cm³/mol. The van der Waals surface area contributed by atoms with Crippen LogP contribution in [0.25, 0.3) is 6.08 Å². The summed E-state index contributed by atoms with van der Waals surface area (Å²) in [5.74, 6) is 0.344. The van der Waals surface area contributed by atoms with E-state index >= 15 is 0 Å². The van der Waals surface area contributed by atoms with Gasteiger partial charge in [0.15, 0.2) is 0 Å². The van der Waals surface area contributed by atoms with Crippen molar-refractivity contribution < 1.29 is 4.79 Å². The van der Waals surface area contributed by atoms with Crippen LogP contribution in [0.3, 0.4) is 0 Å². The van der Waals surface area contributed by atoms with E-state index in [4.69, 9.17) is 23.2 Å². The fourth-order valence-electron chi connectivity index (χ4n) is 3.11. The monoisotopic (exact) mass is 484 g/mol. The molecule has 0 spiro atoms. The molecule has 144 valence electrons. The lowest BCUT2D eigenvalue weighted by molar-refractivity contribution is -0.113. The summed E-state index contributed by atoms with van der Waals surface area (Å²) in [5.41, 5.74) is 3.63. The Bertz CT molecular complexity index is 1190. The average Bonchev–Trinajstić information content (AvgIpc) is 3.00. The molecule has 0 aliphatic carbocycles. The van der Waals surface area contributed by atoms with E-state index in [2.05, 4.69) is 20.9 Å². The van der Waals surface area contributed by atoms with Crippen LogP contribution in [0.15, 0.2) is 81.9 Å². The van der Waals surface area contributed by atoms with Crippen LogP contribution < -0.4 is 4.90 Å². The highest BCUT2D eigenvalue weighted by atomic mass is 79.9. The van der Waals surface area contributed by atoms with Gasteiger partial charge in [0, 0.05) is 20.1 Å². The number of amidine groups is 1. The van der Waals surface area contributed by atoms with Crippen molar-refractivity contribution in [2.75, 3.05) is 4.90 Å². The minimum Gasteiger partial charge on any atom is -0.266 e. The van der Waals surface area contributed by atoms with Crippen molar-refractivity contribution in [2.24, 2.45) is 4.99 Å². The van der Waals surface area contributed by atoms with Crippen LogP contribution in [-0.2, 0) is 4.79 Å². The summed E-state index contributed by atoms with van der Waals surface area (Å²) in [5, 5.41) is 0.998. The molecule has 0 bridgehead atoms. The zero-order chi connectivity index (χ0) is 20.5. The van der Waals surface area contributed by atoms with Gasteiger partial charge in [0.2, 0.25) is 0 Å². The number of anilines is 1. The molecule has 0 radical (unpaired) electrons. The van der Waals surface area contributed by atoms with Crippen LogP contribution in [0, 0.1) is 6.92 Å². The van der Waals surface area contributed by atoms with Gasteiger partial charge in [-0.1, -0.05) is 75.5 Å². The number of aliphatic imine (C=N–C) groups is 1. The molecule has 3 nitrogen and oxygen atoms in total. The van der Waals surface area contributed by atoms with Gasteiger partial charge in [-0.2, -0.15) is 0 Å². The SMILES string of the molecule is Cc1cccc(N2C(=O)/C(=C\c3ccc(Cl)cc3Cl)N=C2c2ccccc2Br)c1. The standard InChI is InChI=1S/C23H15BrCl2N2O/c1-14-5-4-6-17(11-14)28-22(18-7-2-3-8-19(18)24)27-21(23(28)29)12-15-9-10-16(25)13-20(15)26/h2-13H,1H3/b21-12+. The minimum atomic E-state index is -0.215. The molecule has 1 amide bonds. The molecule has 3 aromatic rings. The zero-order valence-corrected chi connectivity index (χ0v) is 18.5. The van der Waals surface area contributed by atoms with Crippen LogP contribution in [0.2, 0.25) is 10.0 Å². The third-order valence-electron chi connectivity index (χ3n) is 4.49. The molecule has 1 heterocycles. The number of carbonyl (C=O) groups is 1. The Labute approximate surface area is 187 Å². The third-order valence-corrected chi connectivity index (χ3v) is 5.74. The highest BCUT2D eigenvalue weighted by Gasteiger charge is 2.33. The fourth-order valence-corrected chi connectivity index (χ4v) is 4.04. The molecule has 6 heteroatoms. The average molecular weight is 486 g/mol. The van der Waals surface area contributed by atoms with Gasteiger partial charge in [-0.25, -0.2) is 4.99 Å². The Balaban J connectivity index is 1.87. The molecular weight excluding hydrogens is 471 g/mol. The lowest BCUT2D eigenvalue weighted by Gasteiger charge is -2.19. The van der Waals surface area contributed by atoms with Crippen molar-refractivity contribution in [1.29, 1.82) is 0 Å². The largest absolute Gasteiger partial charge is 0.282 e. The minimum absolute atomic E-state index is 0.215. The van der Waals surface area contributed by atoms with Crippen LogP contribution in [0.1, 0.15) is 16.7 Å². The van der Waals surface area contributed by atoms with E-state index < -0.39 is 0 Å². The van der Waals surface area contributed by atoms with Gasteiger partial charge < -0.3 is 0 Å². The maximum Gasteiger partial charge on any atom is 0.282 e. The first-order valence-corrected chi connectivity index (χ1v) is 10.4.